The molecule has 0 saturated carbocycles. The van der Waals surface area contributed by atoms with E-state index in [0.29, 0.717) is 12.2 Å². The molecule has 0 unspecified atom stereocenters. The van der Waals surface area contributed by atoms with Gasteiger partial charge in [-0.05, 0) is 50.7 Å². The lowest BCUT2D eigenvalue weighted by Crippen LogP contribution is -2.08. The van der Waals surface area contributed by atoms with Crippen molar-refractivity contribution >= 4 is 34.2 Å². The maximum Gasteiger partial charge on any atom is 0.311 e. The highest BCUT2D eigenvalue weighted by Gasteiger charge is 2.08. The van der Waals surface area contributed by atoms with Crippen LogP contribution in [0.1, 0.15) is 84.0 Å². The molecule has 0 aliphatic heterocycles. The summed E-state index contributed by atoms with van der Waals surface area (Å²) in [6.07, 6.45) is 24.3. The summed E-state index contributed by atoms with van der Waals surface area (Å²) in [5, 5.41) is 0.986. The number of benzene rings is 1. The second kappa shape index (κ2) is 17.8. The molecule has 0 saturated heterocycles. The molecule has 4 heteroatoms. The molecule has 2 aromatic rings. The van der Waals surface area contributed by atoms with Crippen LogP contribution in [-0.2, 0) is 4.79 Å². The predicted octanol–water partition coefficient (Wildman–Crippen LogP) is 6.77. The van der Waals surface area contributed by atoms with E-state index < -0.39 is 0 Å². The molecule has 1 heterocycles. The number of allylic oxidation sites excluding steroid dienone is 4. The average molecular weight is 438 g/mol. The van der Waals surface area contributed by atoms with Crippen LogP contribution in [0.4, 0.5) is 0 Å². The van der Waals surface area contributed by atoms with Gasteiger partial charge in [-0.25, -0.2) is 0 Å². The third-order valence-electron chi connectivity index (χ3n) is 5.15. The molecule has 0 atom stereocenters. The smallest absolute Gasteiger partial charge is 0.311 e. The fraction of sp³-hybridized carbons (Fsp3) is 0.481. The lowest BCUT2D eigenvalue weighted by atomic mass is 10.1. The maximum absolute atomic E-state index is 12.1. The van der Waals surface area contributed by atoms with Crippen molar-refractivity contribution in [2.45, 2.75) is 84.0 Å². The summed E-state index contributed by atoms with van der Waals surface area (Å²) in [6.45, 7) is 2.24. The molecule has 0 amide bonds. The first kappa shape index (κ1) is 27.1. The highest BCUT2D eigenvalue weighted by molar-refractivity contribution is 5.86. The highest BCUT2D eigenvalue weighted by atomic mass is 27.0. The molecule has 0 bridgehead atoms. The summed E-state index contributed by atoms with van der Waals surface area (Å²) in [5.74, 6) is 0.388. The zero-order valence-corrected chi connectivity index (χ0v) is 18.5. The van der Waals surface area contributed by atoms with Gasteiger partial charge in [0.25, 0.3) is 0 Å². The lowest BCUT2D eigenvalue weighted by Gasteiger charge is -2.07. The van der Waals surface area contributed by atoms with E-state index in [4.69, 9.17) is 4.74 Å². The van der Waals surface area contributed by atoms with E-state index in [-0.39, 0.29) is 23.3 Å². The summed E-state index contributed by atoms with van der Waals surface area (Å²) >= 11 is 0. The van der Waals surface area contributed by atoms with Gasteiger partial charge in [0, 0.05) is 18.0 Å². The van der Waals surface area contributed by atoms with Crippen LogP contribution in [0.25, 0.3) is 10.9 Å². The Balaban J connectivity index is 0.00000480. The molecule has 0 N–H and O–H groups in total. The number of aromatic nitrogens is 1. The number of ether oxygens (including phenoxy) is 1. The van der Waals surface area contributed by atoms with Crippen molar-refractivity contribution in [3.63, 3.8) is 0 Å². The second-order valence-corrected chi connectivity index (χ2v) is 7.79. The molecular weight excluding hydrogens is 397 g/mol. The summed E-state index contributed by atoms with van der Waals surface area (Å²) in [5.41, 5.74) is 0.744. The maximum atomic E-state index is 12.1. The molecule has 0 fully saturated rings. The van der Waals surface area contributed by atoms with E-state index in [2.05, 4.69) is 36.2 Å². The molecule has 31 heavy (non-hydrogen) atoms. The summed E-state index contributed by atoms with van der Waals surface area (Å²) in [4.78, 5) is 16.4. The molecule has 168 valence electrons. The predicted molar refractivity (Wildman–Crippen MR) is 137 cm³/mol. The Morgan fingerprint density at radius 3 is 2.32 bits per heavy atom. The van der Waals surface area contributed by atoms with Gasteiger partial charge < -0.3 is 4.74 Å². The Morgan fingerprint density at radius 1 is 0.871 bits per heavy atom. The van der Waals surface area contributed by atoms with E-state index in [1.165, 1.54) is 44.9 Å². The van der Waals surface area contributed by atoms with Gasteiger partial charge in [0.2, 0.25) is 0 Å². The fourth-order valence-electron chi connectivity index (χ4n) is 3.41. The van der Waals surface area contributed by atoms with Crippen molar-refractivity contribution in [3.05, 3.63) is 60.8 Å². The lowest BCUT2D eigenvalue weighted by molar-refractivity contribution is -0.134. The third kappa shape index (κ3) is 11.9. The topological polar surface area (TPSA) is 39.2 Å². The normalized spacial score (nSPS) is 11.3. The quantitative estimate of drug-likeness (QED) is 0.101. The number of rotatable bonds is 15. The van der Waals surface area contributed by atoms with Crippen LogP contribution < -0.4 is 4.74 Å². The molecular formula is C27H40AlNO2. The number of nitrogens with zero attached hydrogens (tertiary/aromatic N) is 1. The van der Waals surface area contributed by atoms with Crippen LogP contribution in [0.2, 0.25) is 0 Å². The molecule has 0 aliphatic rings. The summed E-state index contributed by atoms with van der Waals surface area (Å²) in [6, 6.07) is 9.53. The van der Waals surface area contributed by atoms with Crippen molar-refractivity contribution in [1.82, 2.24) is 4.98 Å². The minimum atomic E-state index is -0.168. The number of esters is 1. The Bertz CT molecular complexity index is 795. The fourth-order valence-corrected chi connectivity index (χ4v) is 3.41. The number of carbonyl (C=O) groups excluding carboxylic acids is 1. The van der Waals surface area contributed by atoms with Crippen LogP contribution in [0, 0.1) is 0 Å². The van der Waals surface area contributed by atoms with Crippen LogP contribution in [0.15, 0.2) is 60.8 Å². The minimum Gasteiger partial charge on any atom is -0.424 e. The van der Waals surface area contributed by atoms with Crippen LogP contribution in [-0.4, -0.2) is 28.3 Å². The van der Waals surface area contributed by atoms with Gasteiger partial charge in [0.05, 0.1) is 0 Å². The zero-order chi connectivity index (χ0) is 21.3. The molecule has 1 aromatic heterocycles. The van der Waals surface area contributed by atoms with Crippen LogP contribution in [0.3, 0.4) is 0 Å². The van der Waals surface area contributed by atoms with Crippen molar-refractivity contribution in [1.29, 1.82) is 0 Å². The molecule has 2 rings (SSSR count). The highest BCUT2D eigenvalue weighted by Crippen LogP contribution is 2.23. The SMILES string of the molecule is CCCCC/C=C\C/C=C\CCCCCCCC(=O)Oc1cccc2cccnc12.[AlH3]. The Kier molecular flexibility index (Phi) is 15.6. The molecule has 1 aromatic carbocycles. The first-order chi connectivity index (χ1) is 14.8. The van der Waals surface area contributed by atoms with Gasteiger partial charge in [-0.15, -0.1) is 0 Å². The number of fused-ring (bicyclic) bond motifs is 1. The molecule has 0 aliphatic carbocycles. The van der Waals surface area contributed by atoms with Gasteiger partial charge >= 0.3 is 5.97 Å². The third-order valence-corrected chi connectivity index (χ3v) is 5.15. The molecule has 3 nitrogen and oxygen atoms in total. The zero-order valence-electron chi connectivity index (χ0n) is 18.5. The number of pyridine rings is 1. The van der Waals surface area contributed by atoms with E-state index in [1.54, 1.807) is 6.20 Å². The standard InChI is InChI=1S/C27H37NO2.Al.3H/c1-2-3-4-5-6-7-8-9-10-11-12-13-14-15-16-22-26(29)30-25-21-17-19-24-20-18-23-28-27(24)25;;;;/h6-7,9-10,17-21,23H,2-5,8,11-16,22H2,1H3;;;;/b7-6-,10-9-;;;;. The Hall–Kier alpha value is -1.89. The molecule has 0 spiro atoms. The largest absolute Gasteiger partial charge is 0.424 e. The number of unbranched alkanes of at least 4 members (excludes halogenated alkanes) is 8. The Morgan fingerprint density at radius 2 is 1.55 bits per heavy atom. The van der Waals surface area contributed by atoms with Crippen molar-refractivity contribution in [2.75, 3.05) is 0 Å². The number of hydrogen-bond donors (Lipinski definition) is 0. The van der Waals surface area contributed by atoms with Crippen molar-refractivity contribution in [3.8, 4) is 5.75 Å². The monoisotopic (exact) mass is 437 g/mol. The second-order valence-electron chi connectivity index (χ2n) is 7.79. The minimum absolute atomic E-state index is 0. The first-order valence-corrected chi connectivity index (χ1v) is 11.7. The van der Waals surface area contributed by atoms with Gasteiger partial charge in [0.15, 0.2) is 23.1 Å². The summed E-state index contributed by atoms with van der Waals surface area (Å²) < 4.78 is 5.53. The number of para-hydroxylation sites is 1. The number of hydrogen-bond acceptors (Lipinski definition) is 3. The van der Waals surface area contributed by atoms with Crippen molar-refractivity contribution in [2.24, 2.45) is 0 Å². The molecule has 0 radical (unpaired) electrons. The van der Waals surface area contributed by atoms with E-state index in [9.17, 15) is 4.79 Å². The van der Waals surface area contributed by atoms with Crippen LogP contribution in [0.5, 0.6) is 5.75 Å². The van der Waals surface area contributed by atoms with E-state index in [1.807, 2.05) is 30.3 Å². The van der Waals surface area contributed by atoms with Gasteiger partial charge in [0.1, 0.15) is 5.52 Å². The van der Waals surface area contributed by atoms with Crippen LogP contribution >= 0.6 is 0 Å². The van der Waals surface area contributed by atoms with E-state index >= 15 is 0 Å². The van der Waals surface area contributed by atoms with Gasteiger partial charge in [-0.2, -0.15) is 0 Å². The van der Waals surface area contributed by atoms with Gasteiger partial charge in [-0.1, -0.05) is 81.5 Å². The number of carbonyl (C=O) groups is 1. The Labute approximate surface area is 199 Å². The first-order valence-electron chi connectivity index (χ1n) is 11.7. The van der Waals surface area contributed by atoms with E-state index in [0.717, 1.165) is 36.6 Å². The van der Waals surface area contributed by atoms with Gasteiger partial charge in [-0.3, -0.25) is 9.78 Å². The average Bonchev–Trinajstić information content (AvgIpc) is 2.76. The van der Waals surface area contributed by atoms with Crippen molar-refractivity contribution < 1.29 is 9.53 Å². The summed E-state index contributed by atoms with van der Waals surface area (Å²) in [7, 11) is 0.